The molecule has 3 rings (SSSR count). The number of imidazole rings is 1. The van der Waals surface area contributed by atoms with Crippen molar-refractivity contribution in [1.29, 1.82) is 0 Å². The quantitative estimate of drug-likeness (QED) is 0.533. The molecule has 0 aliphatic heterocycles. The molecule has 1 fully saturated rings. The summed E-state index contributed by atoms with van der Waals surface area (Å²) in [5.74, 6) is -0.281. The number of nitrogens with zero attached hydrogens (tertiary/aromatic N) is 4. The molecule has 2 aromatic heterocycles. The summed E-state index contributed by atoms with van der Waals surface area (Å²) >= 11 is 0. The first-order chi connectivity index (χ1) is 9.19. The van der Waals surface area contributed by atoms with E-state index >= 15 is 0 Å². The lowest BCUT2D eigenvalue weighted by atomic mass is 9.67. The summed E-state index contributed by atoms with van der Waals surface area (Å²) in [6.45, 7) is -0.278. The Morgan fingerprint density at radius 2 is 1.89 bits per heavy atom. The maximum absolute atomic E-state index is 10.1. The highest BCUT2D eigenvalue weighted by Crippen LogP contribution is 2.44. The second kappa shape index (κ2) is 4.41. The van der Waals surface area contributed by atoms with Crippen LogP contribution in [0.4, 0.5) is 5.82 Å². The van der Waals surface area contributed by atoms with Crippen LogP contribution >= 0.6 is 0 Å². The van der Waals surface area contributed by atoms with Gasteiger partial charge in [-0.25, -0.2) is 15.0 Å². The van der Waals surface area contributed by atoms with Crippen LogP contribution in [0.2, 0.25) is 0 Å². The molecule has 1 aliphatic rings. The largest absolute Gasteiger partial charge is 0.396 e. The zero-order valence-corrected chi connectivity index (χ0v) is 10.1. The minimum atomic E-state index is -0.740. The van der Waals surface area contributed by atoms with Gasteiger partial charge >= 0.3 is 0 Å². The highest BCUT2D eigenvalue weighted by Gasteiger charge is 2.50. The predicted octanol–water partition coefficient (Wildman–Crippen LogP) is -1.46. The van der Waals surface area contributed by atoms with Crippen LogP contribution < -0.4 is 5.73 Å². The molecule has 0 spiro atoms. The van der Waals surface area contributed by atoms with Crippen LogP contribution in [0.3, 0.4) is 0 Å². The zero-order chi connectivity index (χ0) is 13.6. The third kappa shape index (κ3) is 1.61. The molecule has 8 nitrogen and oxygen atoms in total. The van der Waals surface area contributed by atoms with Crippen LogP contribution in [0.1, 0.15) is 6.04 Å². The Labute approximate surface area is 108 Å². The average molecular weight is 265 g/mol. The Morgan fingerprint density at radius 1 is 1.16 bits per heavy atom. The van der Waals surface area contributed by atoms with Crippen LogP contribution in [0.25, 0.3) is 11.2 Å². The summed E-state index contributed by atoms with van der Waals surface area (Å²) in [6.07, 6.45) is 2.12. The molecular formula is C11H15N5O3. The second-order valence-corrected chi connectivity index (χ2v) is 4.76. The van der Waals surface area contributed by atoms with Gasteiger partial charge in [0.2, 0.25) is 0 Å². The van der Waals surface area contributed by atoms with E-state index in [4.69, 9.17) is 5.73 Å². The monoisotopic (exact) mass is 265 g/mol. The molecule has 4 atom stereocenters. The highest BCUT2D eigenvalue weighted by molar-refractivity contribution is 5.81. The van der Waals surface area contributed by atoms with E-state index in [0.717, 1.165) is 0 Å². The average Bonchev–Trinajstić information content (AvgIpc) is 2.81. The van der Waals surface area contributed by atoms with E-state index in [0.29, 0.717) is 11.2 Å². The Morgan fingerprint density at radius 3 is 2.58 bits per heavy atom. The minimum Gasteiger partial charge on any atom is -0.396 e. The number of fused-ring (bicyclic) bond motifs is 1. The summed E-state index contributed by atoms with van der Waals surface area (Å²) in [7, 11) is 0. The molecule has 0 saturated heterocycles. The molecule has 0 radical (unpaired) electrons. The van der Waals surface area contributed by atoms with Gasteiger partial charge in [-0.3, -0.25) is 0 Å². The number of aliphatic hydroxyl groups is 3. The molecule has 8 heteroatoms. The molecule has 5 N–H and O–H groups in total. The third-order valence-electron chi connectivity index (χ3n) is 3.91. The molecule has 19 heavy (non-hydrogen) atoms. The normalized spacial score (nSPS) is 30.5. The van der Waals surface area contributed by atoms with Gasteiger partial charge in [0, 0.05) is 25.0 Å². The number of aromatic nitrogens is 4. The van der Waals surface area contributed by atoms with Crippen molar-refractivity contribution >= 4 is 17.0 Å². The van der Waals surface area contributed by atoms with Crippen molar-refractivity contribution in [2.75, 3.05) is 18.9 Å². The van der Waals surface area contributed by atoms with E-state index in [9.17, 15) is 15.3 Å². The van der Waals surface area contributed by atoms with Crippen LogP contribution in [-0.2, 0) is 0 Å². The van der Waals surface area contributed by atoms with Crippen LogP contribution in [0.5, 0.6) is 0 Å². The Hall–Kier alpha value is -1.77. The molecule has 2 aromatic rings. The summed E-state index contributed by atoms with van der Waals surface area (Å²) in [5, 5.41) is 28.7. The number of hydrogen-bond acceptors (Lipinski definition) is 7. The number of rotatable bonds is 3. The fraction of sp³-hybridized carbons (Fsp3) is 0.545. The molecule has 0 amide bonds. The van der Waals surface area contributed by atoms with E-state index in [2.05, 4.69) is 15.0 Å². The molecule has 0 aromatic carbocycles. The van der Waals surface area contributed by atoms with Gasteiger partial charge in [0.25, 0.3) is 0 Å². The van der Waals surface area contributed by atoms with Crippen molar-refractivity contribution in [2.24, 2.45) is 11.8 Å². The van der Waals surface area contributed by atoms with Crippen molar-refractivity contribution in [3.05, 3.63) is 12.7 Å². The molecule has 0 unspecified atom stereocenters. The van der Waals surface area contributed by atoms with Gasteiger partial charge in [0.15, 0.2) is 11.5 Å². The van der Waals surface area contributed by atoms with E-state index in [1.807, 2.05) is 0 Å². The van der Waals surface area contributed by atoms with Gasteiger partial charge in [0.05, 0.1) is 18.5 Å². The van der Waals surface area contributed by atoms with E-state index in [-0.39, 0.29) is 36.9 Å². The minimum absolute atomic E-state index is 0.118. The number of hydrogen-bond donors (Lipinski definition) is 4. The number of anilines is 1. The fourth-order valence-electron chi connectivity index (χ4n) is 2.81. The van der Waals surface area contributed by atoms with Gasteiger partial charge in [-0.1, -0.05) is 0 Å². The molecule has 1 aliphatic carbocycles. The van der Waals surface area contributed by atoms with E-state index in [1.54, 1.807) is 4.57 Å². The topological polar surface area (TPSA) is 130 Å². The van der Waals surface area contributed by atoms with E-state index < -0.39 is 6.10 Å². The second-order valence-electron chi connectivity index (χ2n) is 4.76. The lowest BCUT2D eigenvalue weighted by Gasteiger charge is -2.48. The first-order valence-electron chi connectivity index (χ1n) is 6.01. The molecule has 0 bridgehead atoms. The molecular weight excluding hydrogens is 250 g/mol. The van der Waals surface area contributed by atoms with E-state index in [1.165, 1.54) is 12.7 Å². The number of aliphatic hydroxyl groups excluding tert-OH is 3. The maximum atomic E-state index is 10.1. The SMILES string of the molecule is Nc1ncnc2c1ncn2[C@@H]1[C@@H](O)[C@@H](CO)[C@H]1CO. The summed E-state index contributed by atoms with van der Waals surface area (Å²) in [4.78, 5) is 12.1. The first-order valence-corrected chi connectivity index (χ1v) is 6.01. The Balaban J connectivity index is 2.03. The van der Waals surface area contributed by atoms with Crippen molar-refractivity contribution in [2.45, 2.75) is 12.1 Å². The standard InChI is InChI=1S/C11H15N5O3/c12-10-7-11(14-3-13-10)16(4-15-7)8-5(1-17)6(2-18)9(8)19/h3-6,8-9,17-19H,1-2H2,(H2,12,13,14)/t5-,6+,8+,9+/m1/s1. The lowest BCUT2D eigenvalue weighted by molar-refractivity contribution is -0.126. The van der Waals surface area contributed by atoms with Crippen molar-refractivity contribution < 1.29 is 15.3 Å². The zero-order valence-electron chi connectivity index (χ0n) is 10.1. The fourth-order valence-corrected chi connectivity index (χ4v) is 2.81. The van der Waals surface area contributed by atoms with Gasteiger partial charge in [-0.2, -0.15) is 0 Å². The predicted molar refractivity (Wildman–Crippen MR) is 65.9 cm³/mol. The number of nitrogens with two attached hydrogens (primary N) is 1. The highest BCUT2D eigenvalue weighted by atomic mass is 16.3. The first kappa shape index (κ1) is 12.3. The van der Waals surface area contributed by atoms with Crippen LogP contribution in [0.15, 0.2) is 12.7 Å². The lowest BCUT2D eigenvalue weighted by Crippen LogP contribution is -2.55. The Bertz CT molecular complexity index is 601. The smallest absolute Gasteiger partial charge is 0.165 e. The van der Waals surface area contributed by atoms with Crippen molar-refractivity contribution in [3.8, 4) is 0 Å². The summed E-state index contributed by atoms with van der Waals surface area (Å²) < 4.78 is 1.69. The van der Waals surface area contributed by atoms with Crippen molar-refractivity contribution in [1.82, 2.24) is 19.5 Å². The van der Waals surface area contributed by atoms with Crippen LogP contribution in [0, 0.1) is 11.8 Å². The maximum Gasteiger partial charge on any atom is 0.165 e. The third-order valence-corrected chi connectivity index (χ3v) is 3.91. The van der Waals surface area contributed by atoms with Gasteiger partial charge in [0.1, 0.15) is 11.8 Å². The Kier molecular flexibility index (Phi) is 2.85. The summed E-state index contributed by atoms with van der Waals surface area (Å²) in [5.41, 5.74) is 6.70. The van der Waals surface area contributed by atoms with Gasteiger partial charge in [-0.15, -0.1) is 0 Å². The summed E-state index contributed by atoms with van der Waals surface area (Å²) in [6, 6.07) is -0.360. The van der Waals surface area contributed by atoms with Crippen LogP contribution in [-0.4, -0.2) is 54.2 Å². The molecule has 102 valence electrons. The number of nitrogen functional groups attached to an aromatic ring is 1. The van der Waals surface area contributed by atoms with Gasteiger partial charge < -0.3 is 25.6 Å². The van der Waals surface area contributed by atoms with Crippen molar-refractivity contribution in [3.63, 3.8) is 0 Å². The van der Waals surface area contributed by atoms with Gasteiger partial charge in [-0.05, 0) is 0 Å². The molecule has 1 saturated carbocycles. The molecule has 2 heterocycles.